The number of hydrogen-bond acceptors (Lipinski definition) is 1. The van der Waals surface area contributed by atoms with E-state index in [-0.39, 0.29) is 3.92 Å². The van der Waals surface area contributed by atoms with Gasteiger partial charge in [-0.2, -0.15) is 0 Å². The van der Waals surface area contributed by atoms with Crippen LogP contribution in [-0.4, -0.2) is 15.0 Å². The highest BCUT2D eigenvalue weighted by Gasteiger charge is 2.33. The molecule has 0 rings (SSSR count). The van der Waals surface area contributed by atoms with E-state index in [0.29, 0.717) is 0 Å². The maximum atomic E-state index is 10.6. The van der Waals surface area contributed by atoms with Crippen molar-refractivity contribution in [2.75, 3.05) is 0 Å². The van der Waals surface area contributed by atoms with Gasteiger partial charge >= 0.3 is 5.97 Å². The maximum Gasteiger partial charge on any atom is 0.310 e. The third-order valence-corrected chi connectivity index (χ3v) is 4.13. The molecule has 0 aliphatic rings. The van der Waals surface area contributed by atoms with Crippen molar-refractivity contribution in [1.82, 2.24) is 0 Å². The van der Waals surface area contributed by atoms with Crippen molar-refractivity contribution in [1.29, 1.82) is 0 Å². The molecule has 1 N–H and O–H groups in total. The smallest absolute Gasteiger partial charge is 0.310 e. The summed E-state index contributed by atoms with van der Waals surface area (Å²) in [5.74, 6) is -0.714. The normalized spacial score (nSPS) is 14.8. The molecule has 0 amide bonds. The van der Waals surface area contributed by atoms with Crippen molar-refractivity contribution in [3.63, 3.8) is 0 Å². The molecule has 0 aliphatic heterocycles. The quantitative estimate of drug-likeness (QED) is 0.621. The largest absolute Gasteiger partial charge is 0.481 e. The van der Waals surface area contributed by atoms with E-state index in [1.165, 1.54) is 0 Å². The molecule has 0 saturated carbocycles. The zero-order valence-corrected chi connectivity index (χ0v) is 8.68. The Balaban J connectivity index is 4.23. The highest BCUT2D eigenvalue weighted by atomic mass is 127. The van der Waals surface area contributed by atoms with Gasteiger partial charge in [-0.3, -0.25) is 4.79 Å². The van der Waals surface area contributed by atoms with E-state index in [0.717, 1.165) is 6.42 Å². The van der Waals surface area contributed by atoms with E-state index < -0.39 is 11.4 Å². The molecule has 2 nitrogen and oxygen atoms in total. The highest BCUT2D eigenvalue weighted by molar-refractivity contribution is 14.1. The second-order valence-corrected chi connectivity index (χ2v) is 4.41. The molecule has 1 unspecified atom stereocenters. The Bertz CT molecular complexity index is 132. The highest BCUT2D eigenvalue weighted by Crippen LogP contribution is 2.29. The SMILES string of the molecule is CCC(I)C(C)(C)C(=O)O. The van der Waals surface area contributed by atoms with Crippen LogP contribution in [0.15, 0.2) is 0 Å². The van der Waals surface area contributed by atoms with Crippen LogP contribution >= 0.6 is 22.6 Å². The van der Waals surface area contributed by atoms with E-state index in [2.05, 4.69) is 22.6 Å². The van der Waals surface area contributed by atoms with Crippen LogP contribution in [0.1, 0.15) is 27.2 Å². The number of halogens is 1. The summed E-state index contributed by atoms with van der Waals surface area (Å²) in [6.07, 6.45) is 0.903. The standard InChI is InChI=1S/C7H13IO2/c1-4-5(8)7(2,3)6(9)10/h5H,4H2,1-3H3,(H,9,10). The molecule has 0 fully saturated rings. The summed E-state index contributed by atoms with van der Waals surface area (Å²) in [5, 5.41) is 8.74. The lowest BCUT2D eigenvalue weighted by molar-refractivity contribution is -0.146. The maximum absolute atomic E-state index is 10.6. The van der Waals surface area contributed by atoms with Crippen molar-refractivity contribution in [3.05, 3.63) is 0 Å². The molecule has 0 radical (unpaired) electrons. The molecule has 0 aromatic rings. The monoisotopic (exact) mass is 256 g/mol. The summed E-state index contributed by atoms with van der Waals surface area (Å²) < 4.78 is 0.211. The number of aliphatic carboxylic acids is 1. The second kappa shape index (κ2) is 3.55. The molecule has 0 saturated heterocycles. The van der Waals surface area contributed by atoms with Crippen molar-refractivity contribution >= 4 is 28.6 Å². The predicted molar refractivity (Wildman–Crippen MR) is 49.5 cm³/mol. The van der Waals surface area contributed by atoms with Gasteiger partial charge in [0.25, 0.3) is 0 Å². The summed E-state index contributed by atoms with van der Waals surface area (Å²) >= 11 is 2.18. The third-order valence-electron chi connectivity index (χ3n) is 1.69. The molecular formula is C7H13IO2. The molecule has 1 atom stereocenters. The van der Waals surface area contributed by atoms with Gasteiger partial charge < -0.3 is 5.11 Å². The third kappa shape index (κ3) is 2.11. The van der Waals surface area contributed by atoms with Crippen LogP contribution in [0.4, 0.5) is 0 Å². The van der Waals surface area contributed by atoms with E-state index in [4.69, 9.17) is 5.11 Å². The summed E-state index contributed by atoms with van der Waals surface area (Å²) in [7, 11) is 0. The number of carboxylic acid groups (broad SMARTS) is 1. The fourth-order valence-electron chi connectivity index (χ4n) is 0.644. The zero-order valence-electron chi connectivity index (χ0n) is 6.52. The minimum absolute atomic E-state index is 0.211. The Hall–Kier alpha value is 0.200. The van der Waals surface area contributed by atoms with E-state index in [1.54, 1.807) is 13.8 Å². The Labute approximate surface area is 75.1 Å². The van der Waals surface area contributed by atoms with Crippen molar-refractivity contribution in [2.24, 2.45) is 5.41 Å². The number of carbonyl (C=O) groups is 1. The summed E-state index contributed by atoms with van der Waals surface area (Å²) in [5.41, 5.74) is -0.588. The topological polar surface area (TPSA) is 37.3 Å². The van der Waals surface area contributed by atoms with Gasteiger partial charge in [0, 0.05) is 3.92 Å². The Morgan fingerprint density at radius 2 is 2.10 bits per heavy atom. The molecule has 10 heavy (non-hydrogen) atoms. The Kier molecular flexibility index (Phi) is 3.62. The van der Waals surface area contributed by atoms with Gasteiger partial charge in [0.1, 0.15) is 0 Å². The van der Waals surface area contributed by atoms with Crippen LogP contribution in [0.3, 0.4) is 0 Å². The van der Waals surface area contributed by atoms with E-state index >= 15 is 0 Å². The van der Waals surface area contributed by atoms with Crippen molar-refractivity contribution in [2.45, 2.75) is 31.1 Å². The van der Waals surface area contributed by atoms with Gasteiger partial charge in [0.2, 0.25) is 0 Å². The van der Waals surface area contributed by atoms with Crippen molar-refractivity contribution < 1.29 is 9.90 Å². The predicted octanol–water partition coefficient (Wildman–Crippen LogP) is 2.31. The molecule has 60 valence electrons. The van der Waals surface area contributed by atoms with Crippen LogP contribution in [0, 0.1) is 5.41 Å². The van der Waals surface area contributed by atoms with E-state index in [1.807, 2.05) is 6.92 Å². The summed E-state index contributed by atoms with van der Waals surface area (Å²) in [6.45, 7) is 5.52. The summed E-state index contributed by atoms with van der Waals surface area (Å²) in [6, 6.07) is 0. The average molecular weight is 256 g/mol. The first kappa shape index (κ1) is 10.2. The molecule has 0 spiro atoms. The fraction of sp³-hybridized carbons (Fsp3) is 0.857. The molecule has 0 aromatic heterocycles. The van der Waals surface area contributed by atoms with Crippen LogP contribution in [0.25, 0.3) is 0 Å². The zero-order chi connectivity index (χ0) is 8.36. The number of carboxylic acids is 1. The molecular weight excluding hydrogens is 243 g/mol. The van der Waals surface area contributed by atoms with Crippen molar-refractivity contribution in [3.8, 4) is 0 Å². The lowest BCUT2D eigenvalue weighted by Crippen LogP contribution is -2.32. The molecule has 0 aliphatic carbocycles. The molecule has 0 heterocycles. The number of rotatable bonds is 3. The lowest BCUT2D eigenvalue weighted by Gasteiger charge is -2.24. The molecule has 0 aromatic carbocycles. The first-order valence-electron chi connectivity index (χ1n) is 3.30. The van der Waals surface area contributed by atoms with Gasteiger partial charge in [0.15, 0.2) is 0 Å². The van der Waals surface area contributed by atoms with E-state index in [9.17, 15) is 4.79 Å². The van der Waals surface area contributed by atoms with Crippen LogP contribution in [0.2, 0.25) is 0 Å². The van der Waals surface area contributed by atoms with Gasteiger partial charge in [-0.15, -0.1) is 0 Å². The van der Waals surface area contributed by atoms with Gasteiger partial charge in [0.05, 0.1) is 5.41 Å². The van der Waals surface area contributed by atoms with Gasteiger partial charge in [-0.25, -0.2) is 0 Å². The lowest BCUT2D eigenvalue weighted by atomic mass is 9.88. The molecule has 0 bridgehead atoms. The fourth-order valence-corrected chi connectivity index (χ4v) is 0.911. The summed E-state index contributed by atoms with van der Waals surface area (Å²) in [4.78, 5) is 10.6. The first-order chi connectivity index (χ1) is 4.42. The minimum atomic E-state index is -0.714. The number of hydrogen-bond donors (Lipinski definition) is 1. The van der Waals surface area contributed by atoms with Crippen LogP contribution < -0.4 is 0 Å². The first-order valence-corrected chi connectivity index (χ1v) is 4.55. The van der Waals surface area contributed by atoms with Gasteiger partial charge in [-0.05, 0) is 20.3 Å². The second-order valence-electron chi connectivity index (χ2n) is 2.90. The average Bonchev–Trinajstić information content (AvgIpc) is 1.86. The van der Waals surface area contributed by atoms with Crippen LogP contribution in [0.5, 0.6) is 0 Å². The Morgan fingerprint density at radius 1 is 1.70 bits per heavy atom. The number of alkyl halides is 1. The van der Waals surface area contributed by atoms with Crippen LogP contribution in [-0.2, 0) is 4.79 Å². The van der Waals surface area contributed by atoms with Gasteiger partial charge in [-0.1, -0.05) is 29.5 Å². The Morgan fingerprint density at radius 3 is 2.20 bits per heavy atom. The minimum Gasteiger partial charge on any atom is -0.481 e. The molecule has 3 heteroatoms.